The Morgan fingerprint density at radius 3 is 2.67 bits per heavy atom. The quantitative estimate of drug-likeness (QED) is 0.888. The van der Waals surface area contributed by atoms with Crippen molar-refractivity contribution in [2.45, 2.75) is 32.5 Å². The predicted molar refractivity (Wildman–Crippen MR) is 85.9 cm³/mol. The number of benzene rings is 1. The fourth-order valence-corrected chi connectivity index (χ4v) is 3.03. The third kappa shape index (κ3) is 5.40. The average Bonchev–Trinajstić information content (AvgIpc) is 2.53. The van der Waals surface area contributed by atoms with Gasteiger partial charge >= 0.3 is 6.36 Å². The Labute approximate surface area is 140 Å². The minimum atomic E-state index is -4.75. The Kier molecular flexibility index (Phi) is 6.10. The third-order valence-electron chi connectivity index (χ3n) is 4.50. The van der Waals surface area contributed by atoms with Gasteiger partial charge in [0, 0.05) is 25.2 Å². The predicted octanol–water partition coefficient (Wildman–Crippen LogP) is 3.57. The van der Waals surface area contributed by atoms with Crippen molar-refractivity contribution < 1.29 is 22.7 Å². The molecule has 0 spiro atoms. The zero-order valence-electron chi connectivity index (χ0n) is 13.9. The van der Waals surface area contributed by atoms with Crippen LogP contribution in [0.15, 0.2) is 24.3 Å². The van der Waals surface area contributed by atoms with Gasteiger partial charge in [0.05, 0.1) is 0 Å². The first kappa shape index (κ1) is 18.6. The van der Waals surface area contributed by atoms with Gasteiger partial charge < -0.3 is 15.0 Å². The highest BCUT2D eigenvalue weighted by Crippen LogP contribution is 2.28. The van der Waals surface area contributed by atoms with Gasteiger partial charge in [0.1, 0.15) is 5.75 Å². The molecule has 24 heavy (non-hydrogen) atoms. The molecule has 0 bridgehead atoms. The monoisotopic (exact) mass is 344 g/mol. The lowest BCUT2D eigenvalue weighted by molar-refractivity contribution is -0.274. The zero-order chi connectivity index (χ0) is 17.7. The SMILES string of the molecule is CC(CC(=O)N(C)c1cccc(OC(F)(F)F)c1)C1CCNCC1. The van der Waals surface area contributed by atoms with Gasteiger partial charge in [-0.2, -0.15) is 0 Å². The second-order valence-corrected chi connectivity index (χ2v) is 6.27. The smallest absolute Gasteiger partial charge is 0.406 e. The maximum Gasteiger partial charge on any atom is 0.573 e. The Morgan fingerprint density at radius 1 is 1.38 bits per heavy atom. The van der Waals surface area contributed by atoms with Crippen LogP contribution in [0, 0.1) is 11.8 Å². The normalized spacial score (nSPS) is 17.4. The number of carbonyl (C=O) groups is 1. The lowest BCUT2D eigenvalue weighted by atomic mass is 9.84. The minimum Gasteiger partial charge on any atom is -0.406 e. The molecule has 134 valence electrons. The Bertz CT molecular complexity index is 557. The number of carbonyl (C=O) groups excluding carboxylic acids is 1. The number of rotatable bonds is 5. The van der Waals surface area contributed by atoms with Gasteiger partial charge in [-0.1, -0.05) is 13.0 Å². The van der Waals surface area contributed by atoms with Gasteiger partial charge in [-0.15, -0.1) is 13.2 Å². The van der Waals surface area contributed by atoms with Crippen LogP contribution in [0.5, 0.6) is 5.75 Å². The first-order chi connectivity index (χ1) is 11.3. The van der Waals surface area contributed by atoms with Crippen molar-refractivity contribution in [2.75, 3.05) is 25.0 Å². The van der Waals surface area contributed by atoms with E-state index in [1.165, 1.54) is 23.1 Å². The number of hydrogen-bond donors (Lipinski definition) is 1. The van der Waals surface area contributed by atoms with Gasteiger partial charge in [0.15, 0.2) is 0 Å². The molecule has 7 heteroatoms. The van der Waals surface area contributed by atoms with Gasteiger partial charge in [0.25, 0.3) is 0 Å². The molecule has 1 fully saturated rings. The molecule has 1 atom stereocenters. The van der Waals surface area contributed by atoms with Gasteiger partial charge in [-0.05, 0) is 49.9 Å². The van der Waals surface area contributed by atoms with Gasteiger partial charge in [-0.3, -0.25) is 4.79 Å². The molecule has 1 aromatic rings. The number of ether oxygens (including phenoxy) is 1. The van der Waals surface area contributed by atoms with Crippen LogP contribution in [0.1, 0.15) is 26.2 Å². The van der Waals surface area contributed by atoms with E-state index < -0.39 is 6.36 Å². The number of anilines is 1. The number of hydrogen-bond acceptors (Lipinski definition) is 3. The van der Waals surface area contributed by atoms with E-state index in [-0.39, 0.29) is 17.6 Å². The highest BCUT2D eigenvalue weighted by Gasteiger charge is 2.31. The molecule has 2 rings (SSSR count). The second-order valence-electron chi connectivity index (χ2n) is 6.27. The number of alkyl halides is 3. The lowest BCUT2D eigenvalue weighted by Crippen LogP contribution is -2.34. The molecular weight excluding hydrogens is 321 g/mol. The molecule has 4 nitrogen and oxygen atoms in total. The van der Waals surface area contributed by atoms with Crippen LogP contribution < -0.4 is 15.0 Å². The Morgan fingerprint density at radius 2 is 2.04 bits per heavy atom. The summed E-state index contributed by atoms with van der Waals surface area (Å²) in [5.74, 6) is 0.316. The maximum absolute atomic E-state index is 12.4. The first-order valence-corrected chi connectivity index (χ1v) is 8.09. The lowest BCUT2D eigenvalue weighted by Gasteiger charge is -2.29. The molecule has 1 aliphatic heterocycles. The van der Waals surface area contributed by atoms with Crippen molar-refractivity contribution in [1.29, 1.82) is 0 Å². The van der Waals surface area contributed by atoms with Gasteiger partial charge in [0.2, 0.25) is 5.91 Å². The van der Waals surface area contributed by atoms with Crippen LogP contribution >= 0.6 is 0 Å². The van der Waals surface area contributed by atoms with Crippen LogP contribution in [0.3, 0.4) is 0 Å². The topological polar surface area (TPSA) is 41.6 Å². The number of halogens is 3. The third-order valence-corrected chi connectivity index (χ3v) is 4.50. The van der Waals surface area contributed by atoms with E-state index in [0.717, 1.165) is 25.9 Å². The van der Waals surface area contributed by atoms with E-state index in [0.29, 0.717) is 18.0 Å². The van der Waals surface area contributed by atoms with Crippen LogP contribution in [-0.2, 0) is 4.79 Å². The largest absolute Gasteiger partial charge is 0.573 e. The summed E-state index contributed by atoms with van der Waals surface area (Å²) in [5.41, 5.74) is 0.388. The Hall–Kier alpha value is -1.76. The molecule has 1 unspecified atom stereocenters. The van der Waals surface area contributed by atoms with E-state index in [4.69, 9.17) is 0 Å². The summed E-state index contributed by atoms with van der Waals surface area (Å²) >= 11 is 0. The fourth-order valence-electron chi connectivity index (χ4n) is 3.03. The van der Waals surface area contributed by atoms with E-state index >= 15 is 0 Å². The molecule has 1 aliphatic rings. The summed E-state index contributed by atoms with van der Waals surface area (Å²) in [6.45, 7) is 4.00. The molecule has 1 saturated heterocycles. The molecular formula is C17H23F3N2O2. The average molecular weight is 344 g/mol. The first-order valence-electron chi connectivity index (χ1n) is 8.09. The minimum absolute atomic E-state index is 0.106. The van der Waals surface area contributed by atoms with Crippen molar-refractivity contribution in [2.24, 2.45) is 11.8 Å². The van der Waals surface area contributed by atoms with Gasteiger partial charge in [-0.25, -0.2) is 0 Å². The molecule has 0 saturated carbocycles. The number of nitrogens with zero attached hydrogens (tertiary/aromatic N) is 1. The van der Waals surface area contributed by atoms with Crippen molar-refractivity contribution in [3.63, 3.8) is 0 Å². The molecule has 1 amide bonds. The summed E-state index contributed by atoms with van der Waals surface area (Å²) < 4.78 is 40.8. The van der Waals surface area contributed by atoms with Crippen LogP contribution in [0.25, 0.3) is 0 Å². The summed E-state index contributed by atoms with van der Waals surface area (Å²) in [5, 5.41) is 3.30. The number of piperidine rings is 1. The Balaban J connectivity index is 1.98. The van der Waals surface area contributed by atoms with Crippen molar-refractivity contribution >= 4 is 11.6 Å². The fraction of sp³-hybridized carbons (Fsp3) is 0.588. The van der Waals surface area contributed by atoms with Crippen LogP contribution in [0.4, 0.5) is 18.9 Å². The van der Waals surface area contributed by atoms with E-state index in [9.17, 15) is 18.0 Å². The highest BCUT2D eigenvalue weighted by molar-refractivity contribution is 5.93. The summed E-state index contributed by atoms with van der Waals surface area (Å²) in [6, 6.07) is 5.47. The second kappa shape index (κ2) is 7.88. The van der Waals surface area contributed by atoms with E-state index in [1.807, 2.05) is 0 Å². The molecule has 1 aromatic carbocycles. The maximum atomic E-state index is 12.4. The number of amides is 1. The van der Waals surface area contributed by atoms with E-state index in [1.54, 1.807) is 13.1 Å². The molecule has 1 heterocycles. The van der Waals surface area contributed by atoms with Crippen LogP contribution in [0.2, 0.25) is 0 Å². The van der Waals surface area contributed by atoms with Crippen molar-refractivity contribution in [1.82, 2.24) is 5.32 Å². The molecule has 0 aromatic heterocycles. The molecule has 0 radical (unpaired) electrons. The van der Waals surface area contributed by atoms with Crippen molar-refractivity contribution in [3.8, 4) is 5.75 Å². The summed E-state index contributed by atoms with van der Waals surface area (Å²) in [6.07, 6.45) is -2.27. The molecule has 0 aliphatic carbocycles. The number of nitrogens with one attached hydrogen (secondary N) is 1. The molecule has 1 N–H and O–H groups in total. The zero-order valence-corrected chi connectivity index (χ0v) is 13.9. The highest BCUT2D eigenvalue weighted by atomic mass is 19.4. The van der Waals surface area contributed by atoms with Crippen LogP contribution in [-0.4, -0.2) is 32.4 Å². The van der Waals surface area contributed by atoms with Crippen molar-refractivity contribution in [3.05, 3.63) is 24.3 Å². The standard InChI is InChI=1S/C17H23F3N2O2/c1-12(13-6-8-21-9-7-13)10-16(23)22(2)14-4-3-5-15(11-14)24-17(18,19)20/h3-5,11-13,21H,6-10H2,1-2H3. The van der Waals surface area contributed by atoms with E-state index in [2.05, 4.69) is 17.0 Å². The summed E-state index contributed by atoms with van der Waals surface area (Å²) in [7, 11) is 1.57. The summed E-state index contributed by atoms with van der Waals surface area (Å²) in [4.78, 5) is 13.8.